The first kappa shape index (κ1) is 15.0. The summed E-state index contributed by atoms with van der Waals surface area (Å²) in [6.45, 7) is 8.32. The lowest BCUT2D eigenvalue weighted by atomic mass is 10.2. The van der Waals surface area contributed by atoms with Crippen LogP contribution in [0.15, 0.2) is 9.92 Å². The first-order chi connectivity index (χ1) is 10.2. The zero-order valence-corrected chi connectivity index (χ0v) is 14.6. The number of fused-ring (bicyclic) bond motifs is 1. The number of nitrogens with one attached hydrogen (secondary N) is 1. The predicted molar refractivity (Wildman–Crippen MR) is 91.1 cm³/mol. The molecule has 1 aliphatic rings. The zero-order valence-electron chi connectivity index (χ0n) is 12.9. The fourth-order valence-corrected chi connectivity index (χ4v) is 4.21. The van der Waals surface area contributed by atoms with Crippen molar-refractivity contribution in [3.8, 4) is 0 Å². The molecule has 1 saturated heterocycles. The third-order valence-electron chi connectivity index (χ3n) is 3.96. The van der Waals surface area contributed by atoms with Gasteiger partial charge in [-0.2, -0.15) is 9.61 Å². The number of aryl methyl sites for hydroxylation is 1. The normalized spacial score (nSPS) is 15.9. The molecule has 0 unspecified atom stereocenters. The summed E-state index contributed by atoms with van der Waals surface area (Å²) in [6, 6.07) is 0. The summed E-state index contributed by atoms with van der Waals surface area (Å²) in [5, 5.41) is 9.29. The minimum Gasteiger partial charge on any atom is -0.354 e. The number of nitrogens with zero attached hydrogens (tertiary/aromatic N) is 4. The highest BCUT2D eigenvalue weighted by Gasteiger charge is 2.22. The van der Waals surface area contributed by atoms with E-state index in [1.165, 1.54) is 16.3 Å². The van der Waals surface area contributed by atoms with Crippen LogP contribution >= 0.6 is 23.5 Å². The summed E-state index contributed by atoms with van der Waals surface area (Å²) in [5.41, 5.74) is 3.31. The van der Waals surface area contributed by atoms with Gasteiger partial charge in [0, 0.05) is 37.4 Å². The first-order valence-electron chi connectivity index (χ1n) is 7.11. The molecule has 0 aliphatic carbocycles. The van der Waals surface area contributed by atoms with E-state index in [2.05, 4.69) is 36.6 Å². The molecule has 0 radical (unpaired) electrons. The number of anilines is 1. The zero-order chi connectivity index (χ0) is 15.0. The van der Waals surface area contributed by atoms with E-state index < -0.39 is 0 Å². The molecule has 3 rings (SSSR count). The molecule has 1 fully saturated rings. The van der Waals surface area contributed by atoms with Crippen molar-refractivity contribution in [2.24, 2.45) is 0 Å². The van der Waals surface area contributed by atoms with E-state index >= 15 is 0 Å². The smallest absolute Gasteiger partial charge is 0.172 e. The van der Waals surface area contributed by atoms with Crippen molar-refractivity contribution in [2.45, 2.75) is 23.8 Å². The molecule has 2 aromatic rings. The van der Waals surface area contributed by atoms with Gasteiger partial charge in [-0.15, -0.1) is 23.5 Å². The summed E-state index contributed by atoms with van der Waals surface area (Å²) >= 11 is 3.42. The number of hydrogen-bond donors (Lipinski definition) is 1. The van der Waals surface area contributed by atoms with Crippen LogP contribution in [0.5, 0.6) is 0 Å². The van der Waals surface area contributed by atoms with Gasteiger partial charge >= 0.3 is 0 Å². The summed E-state index contributed by atoms with van der Waals surface area (Å²) in [6.07, 6.45) is 4.17. The first-order valence-corrected chi connectivity index (χ1v) is 9.56. The van der Waals surface area contributed by atoms with Gasteiger partial charge in [0.05, 0.1) is 4.90 Å². The summed E-state index contributed by atoms with van der Waals surface area (Å²) in [5.74, 6) is 1.20. The van der Waals surface area contributed by atoms with Crippen molar-refractivity contribution in [3.63, 3.8) is 0 Å². The lowest BCUT2D eigenvalue weighted by molar-refractivity contribution is 0.577. The molecule has 21 heavy (non-hydrogen) atoms. The van der Waals surface area contributed by atoms with E-state index in [-0.39, 0.29) is 0 Å². The van der Waals surface area contributed by atoms with Crippen LogP contribution in [0.1, 0.15) is 11.3 Å². The van der Waals surface area contributed by atoms with Crippen molar-refractivity contribution in [1.82, 2.24) is 19.9 Å². The number of thioether (sulfide) groups is 2. The maximum Gasteiger partial charge on any atom is 0.172 e. The average Bonchev–Trinajstić information content (AvgIpc) is 2.86. The van der Waals surface area contributed by atoms with E-state index in [9.17, 15) is 0 Å². The standard InChI is InChI=1S/C14H21N5S2/c1-9-10(2)16-12-11(20-3)13(21-4)17-19(12)14(9)18-7-5-15-6-8-18/h15H,5-8H2,1-4H3. The Labute approximate surface area is 133 Å². The molecule has 7 heteroatoms. The SMILES string of the molecule is CSc1nn2c(N3CCNCC3)c(C)c(C)nc2c1SC. The minimum absolute atomic E-state index is 0.989. The van der Waals surface area contributed by atoms with Crippen LogP contribution < -0.4 is 10.2 Å². The van der Waals surface area contributed by atoms with Crippen molar-refractivity contribution in [2.75, 3.05) is 43.6 Å². The summed E-state index contributed by atoms with van der Waals surface area (Å²) in [4.78, 5) is 8.40. The topological polar surface area (TPSA) is 45.5 Å². The highest BCUT2D eigenvalue weighted by atomic mass is 32.2. The molecule has 0 aromatic carbocycles. The van der Waals surface area contributed by atoms with Gasteiger partial charge in [0.15, 0.2) is 5.65 Å². The Bertz CT molecular complexity index is 661. The van der Waals surface area contributed by atoms with E-state index in [1.54, 1.807) is 23.5 Å². The molecule has 0 bridgehead atoms. The molecule has 5 nitrogen and oxygen atoms in total. The lowest BCUT2D eigenvalue weighted by Gasteiger charge is -2.31. The predicted octanol–water partition coefficient (Wildman–Crippen LogP) is 2.20. The van der Waals surface area contributed by atoms with Crippen LogP contribution in [0.25, 0.3) is 5.65 Å². The van der Waals surface area contributed by atoms with Crippen LogP contribution in [-0.2, 0) is 0 Å². The summed E-state index contributed by atoms with van der Waals surface area (Å²) < 4.78 is 2.05. The average molecular weight is 323 g/mol. The third-order valence-corrected chi connectivity index (χ3v) is 5.54. The molecular weight excluding hydrogens is 302 g/mol. The molecule has 3 heterocycles. The molecule has 2 aromatic heterocycles. The van der Waals surface area contributed by atoms with Crippen molar-refractivity contribution >= 4 is 35.0 Å². The van der Waals surface area contributed by atoms with Gasteiger partial charge in [0.2, 0.25) is 0 Å². The number of piperazine rings is 1. The van der Waals surface area contributed by atoms with Crippen molar-refractivity contribution in [1.29, 1.82) is 0 Å². The van der Waals surface area contributed by atoms with E-state index in [1.807, 2.05) is 4.52 Å². The highest BCUT2D eigenvalue weighted by Crippen LogP contribution is 2.34. The highest BCUT2D eigenvalue weighted by molar-refractivity contribution is 8.01. The molecule has 0 spiro atoms. The molecule has 1 N–H and O–H groups in total. The van der Waals surface area contributed by atoms with Crippen LogP contribution in [0.2, 0.25) is 0 Å². The Kier molecular flexibility index (Phi) is 4.33. The van der Waals surface area contributed by atoms with Gasteiger partial charge in [-0.25, -0.2) is 4.98 Å². The van der Waals surface area contributed by atoms with Gasteiger partial charge in [0.1, 0.15) is 10.8 Å². The van der Waals surface area contributed by atoms with Crippen LogP contribution in [-0.4, -0.2) is 53.3 Å². The minimum atomic E-state index is 0.989. The molecule has 0 saturated carbocycles. The van der Waals surface area contributed by atoms with Gasteiger partial charge in [-0.1, -0.05) is 0 Å². The number of aromatic nitrogens is 3. The van der Waals surface area contributed by atoms with E-state index in [0.29, 0.717) is 0 Å². The molecule has 114 valence electrons. The quantitative estimate of drug-likeness (QED) is 0.874. The fraction of sp³-hybridized carbons (Fsp3) is 0.571. The second kappa shape index (κ2) is 6.06. The summed E-state index contributed by atoms with van der Waals surface area (Å²) in [7, 11) is 0. The van der Waals surface area contributed by atoms with E-state index in [0.717, 1.165) is 42.5 Å². The lowest BCUT2D eigenvalue weighted by Crippen LogP contribution is -2.44. The fourth-order valence-electron chi connectivity index (χ4n) is 2.74. The van der Waals surface area contributed by atoms with Gasteiger partial charge < -0.3 is 10.2 Å². The Morgan fingerprint density at radius 3 is 2.43 bits per heavy atom. The Morgan fingerprint density at radius 2 is 1.81 bits per heavy atom. The third kappa shape index (κ3) is 2.51. The van der Waals surface area contributed by atoms with Gasteiger partial charge in [-0.05, 0) is 26.4 Å². The van der Waals surface area contributed by atoms with Crippen LogP contribution in [0.4, 0.5) is 5.82 Å². The second-order valence-electron chi connectivity index (χ2n) is 5.16. The molecule has 1 aliphatic heterocycles. The van der Waals surface area contributed by atoms with Gasteiger partial charge in [-0.3, -0.25) is 0 Å². The maximum absolute atomic E-state index is 4.81. The number of hydrogen-bond acceptors (Lipinski definition) is 6. The van der Waals surface area contributed by atoms with Gasteiger partial charge in [0.25, 0.3) is 0 Å². The van der Waals surface area contributed by atoms with Crippen LogP contribution in [0, 0.1) is 13.8 Å². The largest absolute Gasteiger partial charge is 0.354 e. The second-order valence-corrected chi connectivity index (χ2v) is 6.77. The Morgan fingerprint density at radius 1 is 1.10 bits per heavy atom. The van der Waals surface area contributed by atoms with E-state index in [4.69, 9.17) is 10.1 Å². The number of rotatable bonds is 3. The van der Waals surface area contributed by atoms with Crippen molar-refractivity contribution in [3.05, 3.63) is 11.3 Å². The Hall–Kier alpha value is -0.920. The Balaban J connectivity index is 2.25. The molecule has 0 atom stereocenters. The molecule has 0 amide bonds. The van der Waals surface area contributed by atoms with Crippen LogP contribution in [0.3, 0.4) is 0 Å². The van der Waals surface area contributed by atoms with Crippen molar-refractivity contribution < 1.29 is 0 Å². The monoisotopic (exact) mass is 323 g/mol. The molecular formula is C14H21N5S2. The maximum atomic E-state index is 4.81.